The van der Waals surface area contributed by atoms with E-state index in [4.69, 9.17) is 11.6 Å². The van der Waals surface area contributed by atoms with Gasteiger partial charge in [-0.3, -0.25) is 14.6 Å². The first kappa shape index (κ1) is 17.4. The van der Waals surface area contributed by atoms with Crippen molar-refractivity contribution in [2.24, 2.45) is 0 Å². The Bertz CT molecular complexity index is 1010. The predicted molar refractivity (Wildman–Crippen MR) is 106 cm³/mol. The Labute approximate surface area is 163 Å². The number of benzene rings is 2. The van der Waals surface area contributed by atoms with E-state index < -0.39 is 6.04 Å². The van der Waals surface area contributed by atoms with Crippen LogP contribution in [0.1, 0.15) is 6.42 Å². The fraction of sp³-hybridized carbons (Fsp3) is 0.111. The van der Waals surface area contributed by atoms with Crippen molar-refractivity contribution < 1.29 is 14.6 Å². The second-order valence-electron chi connectivity index (χ2n) is 5.93. The van der Waals surface area contributed by atoms with Gasteiger partial charge in [-0.05, 0) is 36.4 Å². The summed E-state index contributed by atoms with van der Waals surface area (Å²) in [7, 11) is 0. The average Bonchev–Trinajstić information content (AvgIpc) is 3.05. The number of halogens is 1. The second kappa shape index (κ2) is 7.34. The zero-order valence-corrected chi connectivity index (χ0v) is 15.5. The number of para-hydroxylation sites is 1. The van der Waals surface area contributed by atoms with Gasteiger partial charge in [-0.1, -0.05) is 35.1 Å². The highest BCUT2D eigenvalue weighted by Crippen LogP contribution is 2.25. The second-order valence-corrected chi connectivity index (χ2v) is 7.40. The van der Waals surface area contributed by atoms with E-state index in [2.05, 4.69) is 25.9 Å². The van der Waals surface area contributed by atoms with Crippen LogP contribution in [-0.4, -0.2) is 28.8 Å². The van der Waals surface area contributed by atoms with E-state index in [0.717, 1.165) is 10.2 Å². The van der Waals surface area contributed by atoms with Crippen LogP contribution in [0.15, 0.2) is 48.5 Å². The highest BCUT2D eigenvalue weighted by Gasteiger charge is 2.31. The van der Waals surface area contributed by atoms with Crippen molar-refractivity contribution in [1.29, 1.82) is 0 Å². The maximum absolute atomic E-state index is 12.5. The van der Waals surface area contributed by atoms with E-state index in [9.17, 15) is 9.59 Å². The summed E-state index contributed by atoms with van der Waals surface area (Å²) in [6.07, 6.45) is 0.0322. The van der Waals surface area contributed by atoms with Gasteiger partial charge in [-0.2, -0.15) is 0 Å². The molecule has 0 aliphatic carbocycles. The molecule has 2 heterocycles. The number of carbonyl (C=O) groups is 2. The van der Waals surface area contributed by atoms with Crippen molar-refractivity contribution in [3.05, 3.63) is 53.6 Å². The Hall–Kier alpha value is -2.97. The molecule has 0 fully saturated rings. The summed E-state index contributed by atoms with van der Waals surface area (Å²) in [6, 6.07) is 13.8. The van der Waals surface area contributed by atoms with Gasteiger partial charge in [-0.15, -0.1) is 0 Å². The van der Waals surface area contributed by atoms with Crippen LogP contribution in [0.4, 0.5) is 10.8 Å². The highest BCUT2D eigenvalue weighted by atomic mass is 35.5. The van der Waals surface area contributed by atoms with Crippen LogP contribution in [0.5, 0.6) is 0 Å². The Balaban J connectivity index is 1.50. The summed E-state index contributed by atoms with van der Waals surface area (Å²) in [4.78, 5) is 32.0. The predicted octanol–water partition coefficient (Wildman–Crippen LogP) is 1.33. The normalized spacial score (nSPS) is 16.6. The lowest BCUT2D eigenvalue weighted by molar-refractivity contribution is -0.490. The lowest BCUT2D eigenvalue weighted by atomic mass is 10.1. The maximum atomic E-state index is 12.5. The number of carbonyl (C=O) groups excluding carboxylic acids is 2. The van der Waals surface area contributed by atoms with Crippen LogP contribution in [0, 0.1) is 0 Å². The number of amides is 2. The van der Waals surface area contributed by atoms with Crippen molar-refractivity contribution in [1.82, 2.24) is 10.3 Å². The van der Waals surface area contributed by atoms with E-state index in [1.807, 2.05) is 24.3 Å². The van der Waals surface area contributed by atoms with Gasteiger partial charge in [0.25, 0.3) is 16.9 Å². The third kappa shape index (κ3) is 4.07. The van der Waals surface area contributed by atoms with E-state index in [1.54, 1.807) is 24.3 Å². The number of thiazole rings is 1. The molecule has 0 bridgehead atoms. The molecule has 3 aromatic rings. The molecular weight excluding hydrogens is 386 g/mol. The number of hydrogen-bond donors (Lipinski definition) is 4. The van der Waals surface area contributed by atoms with Gasteiger partial charge in [0.05, 0.1) is 16.6 Å². The first-order valence-electron chi connectivity index (χ1n) is 8.19. The van der Waals surface area contributed by atoms with Crippen LogP contribution in [-0.2, 0) is 9.59 Å². The number of nitrogens with one attached hydrogen (secondary N) is 4. The van der Waals surface area contributed by atoms with Crippen molar-refractivity contribution in [3.63, 3.8) is 0 Å². The average molecular weight is 401 g/mol. The van der Waals surface area contributed by atoms with Crippen LogP contribution >= 0.6 is 22.9 Å². The third-order valence-electron chi connectivity index (χ3n) is 3.93. The van der Waals surface area contributed by atoms with Crippen LogP contribution in [0.3, 0.4) is 0 Å². The number of guanidine groups is 1. The highest BCUT2D eigenvalue weighted by molar-refractivity contribution is 7.22. The fourth-order valence-electron chi connectivity index (χ4n) is 2.66. The molecule has 1 aliphatic rings. The van der Waals surface area contributed by atoms with Gasteiger partial charge in [0.1, 0.15) is 0 Å². The number of aromatic nitrogens is 1. The zero-order chi connectivity index (χ0) is 18.8. The Morgan fingerprint density at radius 3 is 2.78 bits per heavy atom. The summed E-state index contributed by atoms with van der Waals surface area (Å²) in [5, 5.41) is 9.71. The van der Waals surface area contributed by atoms with Gasteiger partial charge in [0, 0.05) is 10.7 Å². The lowest BCUT2D eigenvalue weighted by Gasteiger charge is -2.16. The number of fused-ring (bicyclic) bond motifs is 1. The molecule has 1 atom stereocenters. The molecule has 136 valence electrons. The number of nitrogens with zero attached hydrogens (tertiary/aromatic N) is 1. The monoisotopic (exact) mass is 400 g/mol. The van der Waals surface area contributed by atoms with Crippen LogP contribution in [0.25, 0.3) is 10.2 Å². The van der Waals surface area contributed by atoms with Crippen LogP contribution < -0.4 is 20.9 Å². The molecule has 9 heteroatoms. The van der Waals surface area contributed by atoms with Crippen molar-refractivity contribution in [2.75, 3.05) is 10.6 Å². The summed E-state index contributed by atoms with van der Waals surface area (Å²) in [6.45, 7) is 0. The Kier molecular flexibility index (Phi) is 4.74. The molecule has 1 aromatic heterocycles. The molecule has 4 rings (SSSR count). The molecule has 4 N–H and O–H groups in total. The quantitative estimate of drug-likeness (QED) is 0.533. The largest absolute Gasteiger partial charge is 0.358 e. The maximum Gasteiger partial charge on any atom is 0.358 e. The van der Waals surface area contributed by atoms with Gasteiger partial charge >= 0.3 is 5.96 Å². The molecule has 1 aliphatic heterocycles. The molecule has 27 heavy (non-hydrogen) atoms. The topological polar surface area (TPSA) is 97.1 Å². The van der Waals surface area contributed by atoms with Gasteiger partial charge < -0.3 is 5.32 Å². The first-order valence-corrected chi connectivity index (χ1v) is 9.39. The standard InChI is InChI=1S/C18H14ClN5O2S/c19-10-5-7-11(8-6-10)20-16(26)13-9-15(25)23-17(21-13)24-18-22-12-3-1-2-4-14(12)27-18/h1-8,13H,9H2,(H,20,26)(H2,21,22,23,24,25)/p+1/t13-/m0/s1. The van der Waals surface area contributed by atoms with E-state index in [1.165, 1.54) is 11.3 Å². The van der Waals surface area contributed by atoms with Gasteiger partial charge in [-0.25, -0.2) is 15.6 Å². The molecule has 0 spiro atoms. The minimum Gasteiger partial charge on any atom is -0.323 e. The Morgan fingerprint density at radius 2 is 2.00 bits per heavy atom. The third-order valence-corrected chi connectivity index (χ3v) is 5.13. The van der Waals surface area contributed by atoms with Crippen LogP contribution in [0.2, 0.25) is 5.02 Å². The molecule has 0 radical (unpaired) electrons. The molecular formula is C18H15ClN5O2S+. The lowest BCUT2D eigenvalue weighted by Crippen LogP contribution is -2.89. The van der Waals surface area contributed by atoms with Crippen molar-refractivity contribution >= 4 is 61.7 Å². The smallest absolute Gasteiger partial charge is 0.323 e. The van der Waals surface area contributed by atoms with E-state index in [0.29, 0.717) is 21.8 Å². The fourth-order valence-corrected chi connectivity index (χ4v) is 3.65. The number of hydrogen-bond acceptors (Lipinski definition) is 5. The van der Waals surface area contributed by atoms with Gasteiger partial charge in [0.15, 0.2) is 6.04 Å². The minimum absolute atomic E-state index is 0.0322. The molecule has 0 unspecified atom stereocenters. The number of rotatable bonds is 3. The molecule has 0 saturated heterocycles. The molecule has 0 saturated carbocycles. The summed E-state index contributed by atoms with van der Waals surface area (Å²) < 4.78 is 1.03. The summed E-state index contributed by atoms with van der Waals surface area (Å²) in [5.74, 6) is -0.231. The minimum atomic E-state index is -0.702. The van der Waals surface area contributed by atoms with Gasteiger partial charge in [0.2, 0.25) is 0 Å². The summed E-state index contributed by atoms with van der Waals surface area (Å²) >= 11 is 7.31. The van der Waals surface area contributed by atoms with Crippen molar-refractivity contribution in [3.8, 4) is 0 Å². The molecule has 7 nitrogen and oxygen atoms in total. The van der Waals surface area contributed by atoms with Crippen molar-refractivity contribution in [2.45, 2.75) is 12.5 Å². The summed E-state index contributed by atoms with van der Waals surface area (Å²) in [5.41, 5.74) is 1.47. The SMILES string of the molecule is O=C1C[C@@H](C(=O)Nc2ccc(Cl)cc2)[NH+]=C(Nc2nc3ccccc3s2)N1. The van der Waals surface area contributed by atoms with E-state index >= 15 is 0 Å². The molecule has 2 aromatic carbocycles. The van der Waals surface area contributed by atoms with E-state index in [-0.39, 0.29) is 18.2 Å². The molecule has 2 amide bonds. The zero-order valence-electron chi connectivity index (χ0n) is 14.0. The Morgan fingerprint density at radius 1 is 1.22 bits per heavy atom. The number of anilines is 2. The first-order chi connectivity index (χ1) is 13.1.